The Kier molecular flexibility index (Phi) is 36.6. The van der Waals surface area contributed by atoms with Crippen LogP contribution in [0.2, 0.25) is 20.6 Å². The molecule has 5 aromatic heterocycles. The van der Waals surface area contributed by atoms with Crippen molar-refractivity contribution in [2.45, 2.75) is 69.2 Å². The number of ketones is 2. The van der Waals surface area contributed by atoms with Gasteiger partial charge < -0.3 is 54.3 Å². The number of carbonyl (C=O) groups excluding carboxylic acids is 3. The van der Waals surface area contributed by atoms with Crippen molar-refractivity contribution in [2.24, 2.45) is 4.99 Å². The molecule has 7 aromatic carbocycles. The molecule has 0 saturated heterocycles. The highest BCUT2D eigenvalue weighted by Gasteiger charge is 2.18. The van der Waals surface area contributed by atoms with Gasteiger partial charge in [-0.25, -0.2) is 54.6 Å². The van der Waals surface area contributed by atoms with E-state index < -0.39 is 17.0 Å². The van der Waals surface area contributed by atoms with E-state index in [1.807, 2.05) is 119 Å². The Bertz CT molecular complexity index is 4900. The number of anilines is 2. The molecule has 0 aliphatic carbocycles. The number of ether oxygens (including phenoxy) is 8. The number of methoxy groups -OCH3 is 7. The Balaban J connectivity index is 0.000000259. The number of nitrogens with zero attached hydrogens (tertiary/aromatic N) is 10. The molecule has 26 nitrogen and oxygen atoms in total. The number of Topliss-reactive ketones (excluding diaryl/α,β-unsaturated/α-hetero) is 2. The summed E-state index contributed by atoms with van der Waals surface area (Å²) in [6, 6.07) is 38.2. The van der Waals surface area contributed by atoms with Crippen LogP contribution in [0.1, 0.15) is 62.2 Å². The topological polar surface area (TPSA) is 355 Å². The van der Waals surface area contributed by atoms with Crippen molar-refractivity contribution in [3.63, 3.8) is 0 Å². The van der Waals surface area contributed by atoms with E-state index in [2.05, 4.69) is 93.3 Å². The van der Waals surface area contributed by atoms with Gasteiger partial charge in [0.1, 0.15) is 45.9 Å². The van der Waals surface area contributed by atoms with E-state index in [-0.39, 0.29) is 25.4 Å². The summed E-state index contributed by atoms with van der Waals surface area (Å²) < 4.78 is 49.2. The number of aromatic nitrogens is 10. The van der Waals surface area contributed by atoms with Gasteiger partial charge in [0.25, 0.3) is 5.56 Å². The maximum Gasteiger partial charge on any atom is 0.374 e. The van der Waals surface area contributed by atoms with Gasteiger partial charge in [-0.15, -0.1) is 0 Å². The van der Waals surface area contributed by atoms with Gasteiger partial charge in [-0.1, -0.05) is 53.8 Å². The highest BCUT2D eigenvalue weighted by Crippen LogP contribution is 2.61. The summed E-state index contributed by atoms with van der Waals surface area (Å²) in [6.45, 7) is 13.8. The SMILES string of the molecule is C.CCOC(=O)C(C)=O.COc1ccc(N)c(N)c1.COc1ccc2[nH]c(=O)c(C)nc2c1.COc1ccc2c(c1)CC(=O)C(C)=N2.COc1ccc2nc(C)c(Cl)nc2c1.COc1ccc2nc(C)c(Cl)nc2c1.COc1ccc2nc(Cl)c(C)nc2c1.COc1ccc2nc(Cl)c(C)nc2c1.O=P(Cl)(Cl)Cl. The quantitative estimate of drug-likeness (QED) is 0.0523. The summed E-state index contributed by atoms with van der Waals surface area (Å²) in [5.74, 6) is 4.07. The third kappa shape index (κ3) is 28.6. The highest BCUT2D eigenvalue weighted by molar-refractivity contribution is 8.24. The van der Waals surface area contributed by atoms with Crippen LogP contribution in [-0.4, -0.2) is 129 Å². The van der Waals surface area contributed by atoms with Crippen LogP contribution in [0.25, 0.3) is 55.2 Å². The second kappa shape index (κ2) is 43.7. The standard InChI is InChI=1S/C11H11NO2.4C10H9ClN2O.C10H10N2O2.C7H10N2O.C5H8O3.CH4.Cl3OP/c1-7-11(13)6-8-5-9(14-2)3-4-10(8)12-7;2*1-6-10(11)13-8-4-3-7(14-2)5-9(8)12-6;2*1-6-10(11)13-9-5-7(14-2)3-4-8(9)12-6;1-6-10(13)12-8-4-3-7(14-2)5-9(8)11-6;1-10-5-2-3-6(8)7(9)4-5;1-3-8-5(7)4(2)6;;1-5(2,3)4/h3-5H,6H2,1-2H3;4*3-5H,1-2H3;3-5H,1-2H3,(H,12,13);2-4H,8-9H2,1H3;3H2,1-2H3;1H4;. The van der Waals surface area contributed by atoms with Crippen molar-refractivity contribution in [1.29, 1.82) is 0 Å². The van der Waals surface area contributed by atoms with Crippen LogP contribution in [0.3, 0.4) is 0 Å². The molecule has 34 heteroatoms. The molecule has 0 spiro atoms. The number of hydrogen-bond donors (Lipinski definition) is 3. The molecule has 0 saturated carbocycles. The monoisotopic (exact) mass is 1630 g/mol. The molecule has 12 aromatic rings. The number of benzene rings is 7. The summed E-state index contributed by atoms with van der Waals surface area (Å²) in [6.07, 6.45) is 0.432. The predicted octanol–water partition coefficient (Wildman–Crippen LogP) is 18.0. The van der Waals surface area contributed by atoms with E-state index in [1.165, 1.54) is 6.92 Å². The van der Waals surface area contributed by atoms with Crippen LogP contribution in [0.4, 0.5) is 17.1 Å². The van der Waals surface area contributed by atoms with Gasteiger partial charge in [0, 0.05) is 49.7 Å². The van der Waals surface area contributed by atoms with Crippen molar-refractivity contribution in [3.05, 3.63) is 192 Å². The summed E-state index contributed by atoms with van der Waals surface area (Å²) in [7, 11) is 11.3. The zero-order valence-corrected chi connectivity index (χ0v) is 66.8. The van der Waals surface area contributed by atoms with Crippen molar-refractivity contribution in [3.8, 4) is 40.2 Å². The molecule has 6 heterocycles. The average molecular weight is 1640 g/mol. The van der Waals surface area contributed by atoms with Crippen LogP contribution in [0, 0.1) is 34.6 Å². The Hall–Kier alpha value is -10.0. The number of aliphatic imine (C=N–C) groups is 1. The first-order chi connectivity index (χ1) is 50.6. The molecule has 0 bridgehead atoms. The first kappa shape index (κ1) is 90.4. The first-order valence-electron chi connectivity index (χ1n) is 31.4. The molecule has 13 rings (SSSR count). The Morgan fingerprint density at radius 3 is 1.10 bits per heavy atom. The van der Waals surface area contributed by atoms with E-state index in [4.69, 9.17) is 91.0 Å². The van der Waals surface area contributed by atoms with E-state index >= 15 is 0 Å². The van der Waals surface area contributed by atoms with Crippen LogP contribution in [0.5, 0.6) is 40.2 Å². The number of esters is 1. The zero-order chi connectivity index (χ0) is 79.4. The van der Waals surface area contributed by atoms with Crippen LogP contribution < -0.4 is 50.2 Å². The zero-order valence-electron chi connectivity index (χ0n) is 60.6. The van der Waals surface area contributed by atoms with Gasteiger partial charge in [-0.2, -0.15) is 0 Å². The maximum absolute atomic E-state index is 11.4. The number of hydrogen-bond acceptors (Lipinski definition) is 25. The lowest BCUT2D eigenvalue weighted by Crippen LogP contribution is -2.16. The number of aromatic amines is 1. The van der Waals surface area contributed by atoms with Gasteiger partial charge in [0.05, 0.1) is 157 Å². The lowest BCUT2D eigenvalue weighted by atomic mass is 10.0. The van der Waals surface area contributed by atoms with Gasteiger partial charge >= 0.3 is 11.2 Å². The first-order valence-corrected chi connectivity index (χ1v) is 37.4. The summed E-state index contributed by atoms with van der Waals surface area (Å²) in [4.78, 5) is 88.0. The molecular formula is C74H79Cl7N13O13P. The number of nitrogen functional groups attached to an aromatic ring is 2. The second-order valence-corrected chi connectivity index (χ2v) is 29.9. The number of rotatable bonds is 9. The summed E-state index contributed by atoms with van der Waals surface area (Å²) in [5, 5.41) is -1.46. The van der Waals surface area contributed by atoms with Gasteiger partial charge in [-0.3, -0.25) is 18.9 Å². The summed E-state index contributed by atoms with van der Waals surface area (Å²) in [5.41, 5.74) is 25.5. The Labute approximate surface area is 657 Å². The van der Waals surface area contributed by atoms with E-state index in [0.29, 0.717) is 49.8 Å². The fourth-order valence-electron chi connectivity index (χ4n) is 8.59. The molecule has 0 atom stereocenters. The second-order valence-electron chi connectivity index (χ2n) is 21.8. The van der Waals surface area contributed by atoms with Crippen molar-refractivity contribution < 1.29 is 56.8 Å². The number of fused-ring (bicyclic) bond motifs is 6. The fraction of sp³-hybridized carbons (Fsp3) is 0.243. The van der Waals surface area contributed by atoms with Gasteiger partial charge in [0.2, 0.25) is 5.78 Å². The molecule has 0 radical (unpaired) electrons. The van der Waals surface area contributed by atoms with Crippen molar-refractivity contribution in [1.82, 2.24) is 49.8 Å². The van der Waals surface area contributed by atoms with Crippen LogP contribution in [-0.2, 0) is 30.1 Å². The van der Waals surface area contributed by atoms with Gasteiger partial charge in [-0.05, 0) is 179 Å². The summed E-state index contributed by atoms with van der Waals surface area (Å²) >= 11 is 37.3. The van der Waals surface area contributed by atoms with E-state index in [1.54, 1.807) is 107 Å². The fourth-order valence-corrected chi connectivity index (χ4v) is 9.12. The molecule has 5 N–H and O–H groups in total. The molecule has 108 heavy (non-hydrogen) atoms. The smallest absolute Gasteiger partial charge is 0.374 e. The van der Waals surface area contributed by atoms with Crippen LogP contribution in [0.15, 0.2) is 137 Å². The minimum Gasteiger partial charge on any atom is -0.497 e. The Morgan fingerprint density at radius 1 is 0.435 bits per heavy atom. The lowest BCUT2D eigenvalue weighted by molar-refractivity contribution is -0.152. The molecule has 572 valence electrons. The van der Waals surface area contributed by atoms with Gasteiger partial charge in [0.15, 0.2) is 26.4 Å². The number of carbonyl (C=O) groups is 3. The average Bonchev–Trinajstić information content (AvgIpc) is 0.849. The van der Waals surface area contributed by atoms with Crippen LogP contribution >= 0.6 is 85.3 Å². The lowest BCUT2D eigenvalue weighted by Gasteiger charge is -2.12. The number of H-pyrrole nitrogens is 1. The highest BCUT2D eigenvalue weighted by atomic mass is 36.0. The number of halogens is 7. The third-order valence-electron chi connectivity index (χ3n) is 14.2. The molecule has 0 fully saturated rings. The number of aryl methyl sites for hydroxylation is 5. The van der Waals surface area contributed by atoms with E-state index in [9.17, 15) is 23.7 Å². The normalized spacial score (nSPS) is 10.7. The molecule has 1 aliphatic heterocycles. The molecule has 0 amide bonds. The van der Waals surface area contributed by atoms with E-state index in [0.717, 1.165) is 129 Å². The largest absolute Gasteiger partial charge is 0.497 e. The molecular weight excluding hydrogens is 1560 g/mol. The number of nitrogens with one attached hydrogen (secondary N) is 1. The Morgan fingerprint density at radius 2 is 0.741 bits per heavy atom. The maximum atomic E-state index is 11.4. The van der Waals surface area contributed by atoms with Crippen molar-refractivity contribution >= 4 is 181 Å². The third-order valence-corrected chi connectivity index (χ3v) is 15.6. The van der Waals surface area contributed by atoms with Crippen molar-refractivity contribution in [2.75, 3.05) is 67.8 Å². The number of nitrogens with two attached hydrogens (primary N) is 2. The predicted molar refractivity (Wildman–Crippen MR) is 433 cm³/mol. The minimum absolute atomic E-state index is 0. The minimum atomic E-state index is -3.22. The molecule has 0 unspecified atom stereocenters. The molecule has 1 aliphatic rings.